The second-order valence-electron chi connectivity index (χ2n) is 7.27. The molecule has 7 nitrogen and oxygen atoms in total. The lowest BCUT2D eigenvalue weighted by Crippen LogP contribution is -2.38. The minimum Gasteiger partial charge on any atom is -0.457 e. The van der Waals surface area contributed by atoms with Crippen LogP contribution in [0.4, 0.5) is 10.5 Å². The van der Waals surface area contributed by atoms with Crippen LogP contribution in [0.3, 0.4) is 0 Å². The predicted octanol–water partition coefficient (Wildman–Crippen LogP) is 3.84. The van der Waals surface area contributed by atoms with Crippen LogP contribution in [0.25, 0.3) is 0 Å². The zero-order chi connectivity index (χ0) is 23.3. The largest absolute Gasteiger partial charge is 0.457 e. The maximum absolute atomic E-state index is 12.6. The van der Waals surface area contributed by atoms with E-state index in [0.29, 0.717) is 30.9 Å². The Bertz CT molecular complexity index is 1040. The molecule has 0 saturated heterocycles. The van der Waals surface area contributed by atoms with E-state index in [2.05, 4.69) is 16.0 Å². The van der Waals surface area contributed by atoms with E-state index >= 15 is 0 Å². The molecule has 0 aliphatic carbocycles. The summed E-state index contributed by atoms with van der Waals surface area (Å²) in [6.07, 6.45) is 3.63. The number of urea groups is 1. The molecule has 170 valence electrons. The quantitative estimate of drug-likeness (QED) is 0.357. The number of nitrogens with two attached hydrogens (primary N) is 1. The Kier molecular flexibility index (Phi) is 9.05. The molecule has 3 rings (SSSR count). The molecule has 0 aliphatic rings. The number of nitrogens with one attached hydrogen (secondary N) is 3. The summed E-state index contributed by atoms with van der Waals surface area (Å²) in [5.74, 6) is 1.15. The molecule has 3 amide bonds. The molecule has 0 saturated carbocycles. The first-order valence-corrected chi connectivity index (χ1v) is 10.7. The zero-order valence-corrected chi connectivity index (χ0v) is 18.2. The monoisotopic (exact) mass is 444 g/mol. The first-order chi connectivity index (χ1) is 16.1. The molecule has 1 atom stereocenters. The Hall–Kier alpha value is -4.10. The van der Waals surface area contributed by atoms with Gasteiger partial charge in [-0.2, -0.15) is 0 Å². The van der Waals surface area contributed by atoms with E-state index in [0.717, 1.165) is 11.3 Å². The summed E-state index contributed by atoms with van der Waals surface area (Å²) in [7, 11) is 0. The highest BCUT2D eigenvalue weighted by molar-refractivity contribution is 5.90. The standard InChI is InChI=1S/C26H28N4O3/c27-17-18-28-25(31)16-13-22(19-20-7-3-1-4-8-20)30-26(32)29-21-11-14-24(15-12-21)33-23-9-5-2-6-10-23/h1-16,22H,17-19,27H2,(H,28,31)(H2,29,30,32)/t22-/m1/s1. The van der Waals surface area contributed by atoms with Gasteiger partial charge in [-0.3, -0.25) is 4.79 Å². The molecular formula is C26H28N4O3. The van der Waals surface area contributed by atoms with E-state index in [1.54, 1.807) is 30.3 Å². The van der Waals surface area contributed by atoms with Gasteiger partial charge in [0.1, 0.15) is 11.5 Å². The summed E-state index contributed by atoms with van der Waals surface area (Å²) in [4.78, 5) is 24.5. The highest BCUT2D eigenvalue weighted by Crippen LogP contribution is 2.22. The van der Waals surface area contributed by atoms with Crippen LogP contribution in [0, 0.1) is 0 Å². The van der Waals surface area contributed by atoms with Gasteiger partial charge in [-0.05, 0) is 48.4 Å². The fourth-order valence-corrected chi connectivity index (χ4v) is 3.06. The van der Waals surface area contributed by atoms with E-state index < -0.39 is 0 Å². The van der Waals surface area contributed by atoms with Crippen LogP contribution in [-0.2, 0) is 11.2 Å². The normalized spacial score (nSPS) is 11.5. The van der Waals surface area contributed by atoms with Crippen molar-refractivity contribution in [1.82, 2.24) is 10.6 Å². The predicted molar refractivity (Wildman–Crippen MR) is 130 cm³/mol. The van der Waals surface area contributed by atoms with E-state index in [1.165, 1.54) is 6.08 Å². The van der Waals surface area contributed by atoms with Crippen molar-refractivity contribution in [2.45, 2.75) is 12.5 Å². The third-order valence-electron chi connectivity index (χ3n) is 4.63. The third-order valence-corrected chi connectivity index (χ3v) is 4.63. The Labute approximate surface area is 193 Å². The smallest absolute Gasteiger partial charge is 0.319 e. The lowest BCUT2D eigenvalue weighted by atomic mass is 10.1. The number of carbonyl (C=O) groups is 2. The van der Waals surface area contributed by atoms with Gasteiger partial charge in [-0.15, -0.1) is 0 Å². The molecule has 0 unspecified atom stereocenters. The molecule has 0 bridgehead atoms. The van der Waals surface area contributed by atoms with Crippen molar-refractivity contribution in [3.63, 3.8) is 0 Å². The fraction of sp³-hybridized carbons (Fsp3) is 0.154. The molecule has 3 aromatic rings. The van der Waals surface area contributed by atoms with Crippen molar-refractivity contribution in [3.8, 4) is 11.5 Å². The SMILES string of the molecule is NCCNC(=O)C=C[C@H](Cc1ccccc1)NC(=O)Nc1ccc(Oc2ccccc2)cc1. The minimum absolute atomic E-state index is 0.255. The topological polar surface area (TPSA) is 105 Å². The summed E-state index contributed by atoms with van der Waals surface area (Å²) < 4.78 is 5.77. The van der Waals surface area contributed by atoms with Crippen LogP contribution < -0.4 is 26.4 Å². The van der Waals surface area contributed by atoms with Crippen LogP contribution in [0.5, 0.6) is 11.5 Å². The number of ether oxygens (including phenoxy) is 1. The number of hydrogen-bond acceptors (Lipinski definition) is 4. The summed E-state index contributed by atoms with van der Waals surface area (Å²) in [6, 6.07) is 25.6. The van der Waals surface area contributed by atoms with Gasteiger partial charge in [0.25, 0.3) is 0 Å². The maximum atomic E-state index is 12.6. The highest BCUT2D eigenvalue weighted by atomic mass is 16.5. The van der Waals surface area contributed by atoms with Gasteiger partial charge in [0.05, 0.1) is 6.04 Å². The number of rotatable bonds is 10. The molecule has 0 radical (unpaired) electrons. The molecule has 3 aromatic carbocycles. The number of benzene rings is 3. The molecule has 33 heavy (non-hydrogen) atoms. The molecule has 5 N–H and O–H groups in total. The first kappa shape index (κ1) is 23.6. The lowest BCUT2D eigenvalue weighted by Gasteiger charge is -2.16. The van der Waals surface area contributed by atoms with E-state index in [1.807, 2.05) is 60.7 Å². The number of para-hydroxylation sites is 1. The van der Waals surface area contributed by atoms with Crippen molar-refractivity contribution in [2.75, 3.05) is 18.4 Å². The lowest BCUT2D eigenvalue weighted by molar-refractivity contribution is -0.116. The van der Waals surface area contributed by atoms with Gasteiger partial charge in [-0.1, -0.05) is 54.6 Å². The second kappa shape index (κ2) is 12.7. The third kappa shape index (κ3) is 8.51. The van der Waals surface area contributed by atoms with E-state index in [-0.39, 0.29) is 18.0 Å². The number of hydrogen-bond donors (Lipinski definition) is 4. The van der Waals surface area contributed by atoms with Crippen molar-refractivity contribution >= 4 is 17.6 Å². The maximum Gasteiger partial charge on any atom is 0.319 e. The summed E-state index contributed by atoms with van der Waals surface area (Å²) >= 11 is 0. The van der Waals surface area contributed by atoms with Crippen LogP contribution in [0.15, 0.2) is 97.1 Å². The molecule has 7 heteroatoms. The molecule has 0 spiro atoms. The van der Waals surface area contributed by atoms with Gasteiger partial charge < -0.3 is 26.4 Å². The van der Waals surface area contributed by atoms with Gasteiger partial charge in [0.2, 0.25) is 5.91 Å². The molecule has 0 aliphatic heterocycles. The highest BCUT2D eigenvalue weighted by Gasteiger charge is 2.11. The van der Waals surface area contributed by atoms with Gasteiger partial charge in [-0.25, -0.2) is 4.79 Å². The van der Waals surface area contributed by atoms with Crippen LogP contribution in [0.2, 0.25) is 0 Å². The average molecular weight is 445 g/mol. The average Bonchev–Trinajstić information content (AvgIpc) is 2.84. The Balaban J connectivity index is 1.59. The van der Waals surface area contributed by atoms with Crippen LogP contribution in [0.1, 0.15) is 5.56 Å². The molecule has 0 aromatic heterocycles. The Morgan fingerprint density at radius 2 is 1.52 bits per heavy atom. The zero-order valence-electron chi connectivity index (χ0n) is 18.2. The van der Waals surface area contributed by atoms with Crippen molar-refractivity contribution < 1.29 is 14.3 Å². The summed E-state index contributed by atoms with van der Waals surface area (Å²) in [6.45, 7) is 0.757. The fourth-order valence-electron chi connectivity index (χ4n) is 3.06. The Morgan fingerprint density at radius 1 is 0.879 bits per heavy atom. The van der Waals surface area contributed by atoms with Gasteiger partial charge >= 0.3 is 6.03 Å². The van der Waals surface area contributed by atoms with Crippen molar-refractivity contribution in [1.29, 1.82) is 0 Å². The van der Waals surface area contributed by atoms with Crippen LogP contribution >= 0.6 is 0 Å². The summed E-state index contributed by atoms with van der Waals surface area (Å²) in [5, 5.41) is 8.40. The van der Waals surface area contributed by atoms with Gasteiger partial charge in [0, 0.05) is 24.9 Å². The van der Waals surface area contributed by atoms with Gasteiger partial charge in [0.15, 0.2) is 0 Å². The van der Waals surface area contributed by atoms with E-state index in [4.69, 9.17) is 10.5 Å². The minimum atomic E-state index is -0.378. The number of carbonyl (C=O) groups excluding carboxylic acids is 2. The van der Waals surface area contributed by atoms with E-state index in [9.17, 15) is 9.59 Å². The van der Waals surface area contributed by atoms with Crippen LogP contribution in [-0.4, -0.2) is 31.1 Å². The van der Waals surface area contributed by atoms with Crippen molar-refractivity contribution in [3.05, 3.63) is 103 Å². The first-order valence-electron chi connectivity index (χ1n) is 10.7. The molecule has 0 fully saturated rings. The Morgan fingerprint density at radius 3 is 2.18 bits per heavy atom. The molecule has 0 heterocycles. The molecular weight excluding hydrogens is 416 g/mol. The second-order valence-corrected chi connectivity index (χ2v) is 7.27. The number of anilines is 1. The number of amides is 3. The van der Waals surface area contributed by atoms with Crippen molar-refractivity contribution in [2.24, 2.45) is 5.73 Å². The summed E-state index contributed by atoms with van der Waals surface area (Å²) in [5.41, 5.74) is 7.07.